The predicted molar refractivity (Wildman–Crippen MR) is 135 cm³/mol. The summed E-state index contributed by atoms with van der Waals surface area (Å²) in [6.07, 6.45) is 1.51. The molecule has 0 spiro atoms. The molecule has 6 rings (SSSR count). The van der Waals surface area contributed by atoms with Gasteiger partial charge in [0.05, 0.1) is 25.5 Å². The standard InChI is InChI=1S/C26H23F3N8O2/c1-3-36-12-18(26(27,28)29)34-22(36)16-6-4-14(5-7-16)11-37-23-17(33-25(37)38)10-30-21(35-23)19-20(15-8-9-15)31-13-32-24(19)39-2/h4-7,10,12-13,15H,3,8-9,11H2,1-2H3,(H,33,38). The van der Waals surface area contributed by atoms with Crippen molar-refractivity contribution in [2.24, 2.45) is 0 Å². The Morgan fingerprint density at radius 2 is 1.87 bits per heavy atom. The number of imidazole rings is 2. The molecule has 0 bridgehead atoms. The van der Waals surface area contributed by atoms with Gasteiger partial charge in [0.25, 0.3) is 0 Å². The molecule has 0 atom stereocenters. The number of fused-ring (bicyclic) bond motifs is 1. The molecule has 200 valence electrons. The van der Waals surface area contributed by atoms with E-state index in [9.17, 15) is 18.0 Å². The fourth-order valence-electron chi connectivity index (χ4n) is 4.59. The molecule has 0 unspecified atom stereocenters. The minimum absolute atomic E-state index is 0.184. The van der Waals surface area contributed by atoms with Crippen molar-refractivity contribution < 1.29 is 17.9 Å². The second kappa shape index (κ2) is 9.33. The van der Waals surface area contributed by atoms with Crippen LogP contribution in [0.5, 0.6) is 5.88 Å². The number of hydrogen-bond acceptors (Lipinski definition) is 7. The van der Waals surface area contributed by atoms with E-state index in [1.54, 1.807) is 37.4 Å². The number of benzene rings is 1. The van der Waals surface area contributed by atoms with Crippen LogP contribution in [0.3, 0.4) is 0 Å². The second-order valence-electron chi connectivity index (χ2n) is 9.30. The van der Waals surface area contributed by atoms with E-state index in [0.717, 1.165) is 30.3 Å². The molecule has 13 heteroatoms. The summed E-state index contributed by atoms with van der Waals surface area (Å²) in [5.41, 5.74) is 2.29. The molecule has 10 nitrogen and oxygen atoms in total. The summed E-state index contributed by atoms with van der Waals surface area (Å²) >= 11 is 0. The minimum Gasteiger partial charge on any atom is -0.480 e. The van der Waals surface area contributed by atoms with Crippen LogP contribution in [0.2, 0.25) is 0 Å². The zero-order chi connectivity index (χ0) is 27.3. The SMILES string of the molecule is CCn1cc(C(F)(F)F)nc1-c1ccc(Cn2c(=O)[nH]c3cnc(-c4c(OC)ncnc4C4CC4)nc32)cc1. The fraction of sp³-hybridized carbons (Fsp3) is 0.308. The van der Waals surface area contributed by atoms with E-state index >= 15 is 0 Å². The Hall–Kier alpha value is -4.55. The van der Waals surface area contributed by atoms with Crippen LogP contribution in [-0.2, 0) is 19.3 Å². The normalized spacial score (nSPS) is 13.8. The number of halogens is 3. The average molecular weight is 537 g/mol. The zero-order valence-corrected chi connectivity index (χ0v) is 21.0. The molecular weight excluding hydrogens is 513 g/mol. The van der Waals surface area contributed by atoms with Gasteiger partial charge in [-0.1, -0.05) is 24.3 Å². The maximum Gasteiger partial charge on any atom is 0.434 e. The molecule has 5 aromatic rings. The summed E-state index contributed by atoms with van der Waals surface area (Å²) in [5, 5.41) is 0. The highest BCUT2D eigenvalue weighted by Gasteiger charge is 2.35. The average Bonchev–Trinajstić information content (AvgIpc) is 3.60. The molecule has 4 heterocycles. The summed E-state index contributed by atoms with van der Waals surface area (Å²) in [6, 6.07) is 6.89. The Labute approximate surface area is 219 Å². The first kappa shape index (κ1) is 24.8. The molecule has 1 N–H and O–H groups in total. The van der Waals surface area contributed by atoms with Gasteiger partial charge in [-0.3, -0.25) is 4.57 Å². The molecule has 0 saturated heterocycles. The lowest BCUT2D eigenvalue weighted by Gasteiger charge is -2.11. The van der Waals surface area contributed by atoms with Crippen molar-refractivity contribution in [2.45, 2.75) is 44.9 Å². The van der Waals surface area contributed by atoms with Crippen LogP contribution in [0.15, 0.2) is 47.8 Å². The van der Waals surface area contributed by atoms with Gasteiger partial charge < -0.3 is 14.3 Å². The number of aromatic amines is 1. The van der Waals surface area contributed by atoms with Crippen molar-refractivity contribution in [3.05, 3.63) is 70.4 Å². The summed E-state index contributed by atoms with van der Waals surface area (Å²) in [5.74, 6) is 1.24. The minimum atomic E-state index is -4.53. The van der Waals surface area contributed by atoms with E-state index in [0.29, 0.717) is 46.5 Å². The van der Waals surface area contributed by atoms with Gasteiger partial charge in [0, 0.05) is 24.2 Å². The second-order valence-corrected chi connectivity index (χ2v) is 9.30. The van der Waals surface area contributed by atoms with E-state index in [2.05, 4.69) is 24.9 Å². The van der Waals surface area contributed by atoms with Crippen LogP contribution in [0.1, 0.15) is 42.6 Å². The monoisotopic (exact) mass is 536 g/mol. The molecule has 1 aliphatic rings. The van der Waals surface area contributed by atoms with Gasteiger partial charge in [-0.05, 0) is 25.3 Å². The Morgan fingerprint density at radius 3 is 2.54 bits per heavy atom. The van der Waals surface area contributed by atoms with Gasteiger partial charge in [-0.25, -0.2) is 29.7 Å². The van der Waals surface area contributed by atoms with Crippen molar-refractivity contribution in [2.75, 3.05) is 7.11 Å². The molecule has 39 heavy (non-hydrogen) atoms. The largest absolute Gasteiger partial charge is 0.480 e. The van der Waals surface area contributed by atoms with Crippen LogP contribution in [-0.4, -0.2) is 46.1 Å². The fourth-order valence-corrected chi connectivity index (χ4v) is 4.59. The lowest BCUT2D eigenvalue weighted by atomic mass is 10.1. The third-order valence-electron chi connectivity index (χ3n) is 6.69. The molecular formula is C26H23F3N8O2. The van der Waals surface area contributed by atoms with Crippen molar-refractivity contribution in [1.29, 1.82) is 0 Å². The summed E-state index contributed by atoms with van der Waals surface area (Å²) in [4.78, 5) is 37.2. The van der Waals surface area contributed by atoms with E-state index < -0.39 is 11.9 Å². The predicted octanol–water partition coefficient (Wildman–Crippen LogP) is 4.41. The Bertz CT molecular complexity index is 1730. The number of H-pyrrole nitrogens is 1. The first-order chi connectivity index (χ1) is 18.8. The summed E-state index contributed by atoms with van der Waals surface area (Å²) < 4.78 is 48.0. The smallest absolute Gasteiger partial charge is 0.434 e. The highest BCUT2D eigenvalue weighted by atomic mass is 19.4. The summed E-state index contributed by atoms with van der Waals surface area (Å²) in [6.45, 7) is 2.28. The number of hydrogen-bond donors (Lipinski definition) is 1. The number of methoxy groups -OCH3 is 1. The molecule has 1 saturated carbocycles. The molecule has 0 aliphatic heterocycles. The van der Waals surface area contributed by atoms with Gasteiger partial charge >= 0.3 is 11.9 Å². The highest BCUT2D eigenvalue weighted by molar-refractivity contribution is 5.75. The van der Waals surface area contributed by atoms with Crippen LogP contribution in [0.4, 0.5) is 13.2 Å². The quantitative estimate of drug-likeness (QED) is 0.327. The number of aromatic nitrogens is 8. The molecule has 4 aromatic heterocycles. The van der Waals surface area contributed by atoms with Crippen LogP contribution >= 0.6 is 0 Å². The van der Waals surface area contributed by atoms with Crippen molar-refractivity contribution in [3.8, 4) is 28.7 Å². The molecule has 1 fully saturated rings. The van der Waals surface area contributed by atoms with Gasteiger partial charge in [0.1, 0.15) is 23.2 Å². The van der Waals surface area contributed by atoms with E-state index in [-0.39, 0.29) is 18.1 Å². The summed E-state index contributed by atoms with van der Waals surface area (Å²) in [7, 11) is 1.52. The van der Waals surface area contributed by atoms with Crippen LogP contribution in [0.25, 0.3) is 33.9 Å². The Kier molecular flexibility index (Phi) is 5.92. The van der Waals surface area contributed by atoms with Gasteiger partial charge in [-0.15, -0.1) is 0 Å². The highest BCUT2D eigenvalue weighted by Crippen LogP contribution is 2.44. The lowest BCUT2D eigenvalue weighted by molar-refractivity contribution is -0.140. The molecule has 1 aliphatic carbocycles. The van der Waals surface area contributed by atoms with Crippen molar-refractivity contribution in [3.63, 3.8) is 0 Å². The third kappa shape index (κ3) is 4.53. The zero-order valence-electron chi connectivity index (χ0n) is 21.0. The third-order valence-corrected chi connectivity index (χ3v) is 6.69. The lowest BCUT2D eigenvalue weighted by Crippen LogP contribution is -2.17. The molecule has 0 radical (unpaired) electrons. The van der Waals surface area contributed by atoms with Crippen LogP contribution < -0.4 is 10.4 Å². The van der Waals surface area contributed by atoms with E-state index in [1.165, 1.54) is 22.6 Å². The first-order valence-electron chi connectivity index (χ1n) is 12.3. The van der Waals surface area contributed by atoms with Gasteiger partial charge in [-0.2, -0.15) is 13.2 Å². The number of nitrogens with zero attached hydrogens (tertiary/aromatic N) is 7. The number of nitrogens with one attached hydrogen (secondary N) is 1. The number of ether oxygens (including phenoxy) is 1. The number of aryl methyl sites for hydroxylation is 1. The van der Waals surface area contributed by atoms with Gasteiger partial charge in [0.2, 0.25) is 5.88 Å². The van der Waals surface area contributed by atoms with Gasteiger partial charge in [0.15, 0.2) is 17.2 Å². The molecule has 1 aromatic carbocycles. The number of alkyl halides is 3. The van der Waals surface area contributed by atoms with Crippen molar-refractivity contribution >= 4 is 11.2 Å². The van der Waals surface area contributed by atoms with Crippen LogP contribution in [0, 0.1) is 0 Å². The topological polar surface area (TPSA) is 116 Å². The van der Waals surface area contributed by atoms with E-state index in [4.69, 9.17) is 9.72 Å². The first-order valence-corrected chi connectivity index (χ1v) is 12.3. The van der Waals surface area contributed by atoms with E-state index in [1.807, 2.05) is 0 Å². The Morgan fingerprint density at radius 1 is 1.10 bits per heavy atom. The Balaban J connectivity index is 1.35. The maximum absolute atomic E-state index is 13.2. The van der Waals surface area contributed by atoms with Crippen molar-refractivity contribution in [1.82, 2.24) is 39.0 Å². The number of rotatable bonds is 7. The maximum atomic E-state index is 13.2. The molecule has 0 amide bonds.